The van der Waals surface area contributed by atoms with E-state index in [1.807, 2.05) is 0 Å². The molecule has 0 saturated carbocycles. The molecule has 2 unspecified atom stereocenters. The van der Waals surface area contributed by atoms with Crippen molar-refractivity contribution in [3.8, 4) is 0 Å². The molecule has 0 bridgehead atoms. The van der Waals surface area contributed by atoms with Gasteiger partial charge in [-0.15, -0.1) is 0 Å². The predicted octanol–water partition coefficient (Wildman–Crippen LogP) is 0.968. The van der Waals surface area contributed by atoms with Gasteiger partial charge in [-0.2, -0.15) is 0 Å². The summed E-state index contributed by atoms with van der Waals surface area (Å²) in [6.07, 6.45) is 2.84. The van der Waals surface area contributed by atoms with Gasteiger partial charge in [-0.05, 0) is 6.42 Å². The zero-order valence-corrected chi connectivity index (χ0v) is 5.60. The van der Waals surface area contributed by atoms with Crippen LogP contribution in [0.2, 0.25) is 0 Å². The van der Waals surface area contributed by atoms with E-state index in [-0.39, 0.29) is 12.3 Å². The van der Waals surface area contributed by atoms with Crippen molar-refractivity contribution in [2.75, 3.05) is 12.8 Å². The van der Waals surface area contributed by atoms with Crippen LogP contribution in [0.25, 0.3) is 0 Å². The molecule has 8 heavy (non-hydrogen) atoms. The molecule has 46 valence electrons. The van der Waals surface area contributed by atoms with Crippen molar-refractivity contribution in [2.24, 2.45) is 0 Å². The molecule has 0 aromatic heterocycles. The van der Waals surface area contributed by atoms with E-state index in [1.54, 1.807) is 0 Å². The van der Waals surface area contributed by atoms with Crippen molar-refractivity contribution in [1.29, 1.82) is 0 Å². The van der Waals surface area contributed by atoms with Crippen LogP contribution < -0.4 is 0 Å². The number of aliphatic hydroxyl groups is 1. The molecule has 1 aliphatic rings. The quantitative estimate of drug-likeness (QED) is 0.541. The van der Waals surface area contributed by atoms with E-state index in [9.17, 15) is 4.57 Å². The molecule has 2 nitrogen and oxygen atoms in total. The van der Waals surface area contributed by atoms with Gasteiger partial charge < -0.3 is 5.11 Å². The van der Waals surface area contributed by atoms with E-state index in [0.717, 1.165) is 19.0 Å². The van der Waals surface area contributed by atoms with Crippen molar-refractivity contribution < 1.29 is 9.67 Å². The van der Waals surface area contributed by atoms with Crippen LogP contribution in [0.1, 0.15) is 12.8 Å². The second-order valence-corrected chi connectivity index (χ2v) is 4.13. The Morgan fingerprint density at radius 2 is 2.50 bits per heavy atom. The highest BCUT2D eigenvalue weighted by Crippen LogP contribution is 2.38. The normalized spacial score (nSPS) is 33.6. The lowest BCUT2D eigenvalue weighted by Gasteiger charge is -1.87. The Morgan fingerprint density at radius 1 is 1.75 bits per heavy atom. The minimum atomic E-state index is -1.03. The van der Waals surface area contributed by atoms with Crippen molar-refractivity contribution in [3.05, 3.63) is 0 Å². The largest absolute Gasteiger partial charge is 0.392 e. The predicted molar refractivity (Wildman–Crippen MR) is 32.6 cm³/mol. The lowest BCUT2D eigenvalue weighted by Crippen LogP contribution is -2.01. The highest BCUT2D eigenvalue weighted by Gasteiger charge is 2.34. The van der Waals surface area contributed by atoms with Gasteiger partial charge in [-0.3, -0.25) is 0 Å². The van der Waals surface area contributed by atoms with Crippen LogP contribution >= 0.6 is 7.80 Å². The Morgan fingerprint density at radius 3 is 2.75 bits per heavy atom. The lowest BCUT2D eigenvalue weighted by molar-refractivity contribution is 0.290. The van der Waals surface area contributed by atoms with E-state index in [2.05, 4.69) is 0 Å². The second kappa shape index (κ2) is 2.56. The minimum Gasteiger partial charge on any atom is -0.392 e. The first-order valence-corrected chi connectivity index (χ1v) is 4.40. The number of hydrogen-bond acceptors (Lipinski definition) is 2. The van der Waals surface area contributed by atoms with Crippen LogP contribution in [-0.4, -0.2) is 23.5 Å². The number of hydrogen-bond donors (Lipinski definition) is 1. The fourth-order valence-electron chi connectivity index (χ4n) is 0.992. The molecule has 2 atom stereocenters. The number of rotatable bonds is 1. The molecule has 0 aromatic rings. The summed E-state index contributed by atoms with van der Waals surface area (Å²) >= 11 is 0. The summed E-state index contributed by atoms with van der Waals surface area (Å²) in [7, 11) is -1.03. The van der Waals surface area contributed by atoms with Crippen molar-refractivity contribution in [1.82, 2.24) is 0 Å². The summed E-state index contributed by atoms with van der Waals surface area (Å²) in [5, 5.41) is 8.55. The molecule has 1 aliphatic heterocycles. The Hall–Kier alpha value is 0.0600. The molecule has 1 rings (SSSR count). The first-order chi connectivity index (χ1) is 3.84. The average molecular weight is 133 g/mol. The van der Waals surface area contributed by atoms with E-state index < -0.39 is 7.80 Å². The van der Waals surface area contributed by atoms with Crippen LogP contribution in [0.5, 0.6) is 0 Å². The second-order valence-electron chi connectivity index (χ2n) is 2.12. The SMILES string of the molecule is O=[P+]1CCCC1CO. The summed E-state index contributed by atoms with van der Waals surface area (Å²) in [5.74, 6) is 0. The molecule has 0 amide bonds. The van der Waals surface area contributed by atoms with E-state index >= 15 is 0 Å². The molecule has 1 saturated heterocycles. The highest BCUT2D eigenvalue weighted by atomic mass is 31.1. The van der Waals surface area contributed by atoms with Gasteiger partial charge >= 0.3 is 7.80 Å². The highest BCUT2D eigenvalue weighted by molar-refractivity contribution is 7.45. The van der Waals surface area contributed by atoms with Gasteiger partial charge in [-0.25, -0.2) is 0 Å². The summed E-state index contributed by atoms with van der Waals surface area (Å²) in [6.45, 7) is 0.120. The van der Waals surface area contributed by atoms with Crippen LogP contribution in [0.3, 0.4) is 0 Å². The third kappa shape index (κ3) is 1.07. The topological polar surface area (TPSA) is 37.3 Å². The Kier molecular flexibility index (Phi) is 1.98. The van der Waals surface area contributed by atoms with Gasteiger partial charge in [-0.1, -0.05) is 4.57 Å². The fraction of sp³-hybridized carbons (Fsp3) is 1.00. The third-order valence-corrected chi connectivity index (χ3v) is 3.53. The molecule has 1 heterocycles. The number of aliphatic hydroxyl groups excluding tert-OH is 1. The molecule has 0 aromatic carbocycles. The van der Waals surface area contributed by atoms with Gasteiger partial charge in [0.05, 0.1) is 6.61 Å². The molecule has 0 spiro atoms. The lowest BCUT2D eigenvalue weighted by atomic mass is 10.3. The van der Waals surface area contributed by atoms with E-state index in [1.165, 1.54) is 0 Å². The zero-order chi connectivity index (χ0) is 5.98. The molecule has 0 aliphatic carbocycles. The van der Waals surface area contributed by atoms with Crippen molar-refractivity contribution in [3.63, 3.8) is 0 Å². The zero-order valence-electron chi connectivity index (χ0n) is 4.71. The molecular formula is C5H10O2P+. The average Bonchev–Trinajstić information content (AvgIpc) is 2.14. The summed E-state index contributed by atoms with van der Waals surface area (Å²) in [4.78, 5) is 0. The first-order valence-electron chi connectivity index (χ1n) is 2.89. The molecular weight excluding hydrogens is 123 g/mol. The first kappa shape index (κ1) is 6.18. The maximum Gasteiger partial charge on any atom is 0.344 e. The van der Waals surface area contributed by atoms with Crippen LogP contribution in [0.4, 0.5) is 0 Å². The smallest absolute Gasteiger partial charge is 0.344 e. The molecule has 1 N–H and O–H groups in total. The monoisotopic (exact) mass is 133 g/mol. The van der Waals surface area contributed by atoms with Gasteiger partial charge in [0.2, 0.25) is 0 Å². The maximum absolute atomic E-state index is 10.8. The van der Waals surface area contributed by atoms with Gasteiger partial charge in [0.1, 0.15) is 6.16 Å². The van der Waals surface area contributed by atoms with Crippen LogP contribution in [0, 0.1) is 0 Å². The van der Waals surface area contributed by atoms with Crippen LogP contribution in [-0.2, 0) is 4.57 Å². The standard InChI is InChI=1S/C5H10O2P/c6-4-5-2-1-3-8(5)7/h5-6H,1-4H2/q+1. The molecule has 0 radical (unpaired) electrons. The summed E-state index contributed by atoms with van der Waals surface area (Å²) < 4.78 is 10.8. The molecule has 3 heteroatoms. The van der Waals surface area contributed by atoms with Gasteiger partial charge in [0.15, 0.2) is 5.66 Å². The minimum absolute atomic E-state index is 0.120. The summed E-state index contributed by atoms with van der Waals surface area (Å²) in [5.41, 5.74) is 0.130. The Labute approximate surface area is 49.7 Å². The maximum atomic E-state index is 10.8. The van der Waals surface area contributed by atoms with Crippen LogP contribution in [0.15, 0.2) is 0 Å². The molecule has 1 fully saturated rings. The van der Waals surface area contributed by atoms with Gasteiger partial charge in [0.25, 0.3) is 0 Å². The Bertz CT molecular complexity index is 103. The van der Waals surface area contributed by atoms with Crippen molar-refractivity contribution >= 4 is 7.80 Å². The van der Waals surface area contributed by atoms with Gasteiger partial charge in [0, 0.05) is 6.42 Å². The van der Waals surface area contributed by atoms with E-state index in [4.69, 9.17) is 5.11 Å². The van der Waals surface area contributed by atoms with Crippen molar-refractivity contribution in [2.45, 2.75) is 18.5 Å². The van der Waals surface area contributed by atoms with E-state index in [0.29, 0.717) is 0 Å². The summed E-state index contributed by atoms with van der Waals surface area (Å²) in [6, 6.07) is 0. The third-order valence-electron chi connectivity index (χ3n) is 1.53. The fourth-order valence-corrected chi connectivity index (χ4v) is 2.50. The Balaban J connectivity index is 2.42.